The number of fused-ring (bicyclic) bond motifs is 2. The van der Waals surface area contributed by atoms with Crippen molar-refractivity contribution in [2.45, 2.75) is 104 Å². The highest BCUT2D eigenvalue weighted by Crippen LogP contribution is 2.51. The number of rotatable bonds is 3. The highest BCUT2D eigenvalue weighted by atomic mass is 16.7. The van der Waals surface area contributed by atoms with Crippen LogP contribution in [0.5, 0.6) is 17.2 Å². The fourth-order valence-corrected chi connectivity index (χ4v) is 9.22. The molecule has 65 heavy (non-hydrogen) atoms. The van der Waals surface area contributed by atoms with E-state index in [1.807, 2.05) is 4.90 Å². The number of Topliss-reactive ketones (excluding diaryl/α,β-unsaturated/α-hetero) is 1. The summed E-state index contributed by atoms with van der Waals surface area (Å²) in [5, 5.41) is 48.4. The molecule has 0 radical (unpaired) electrons. The number of hydrogen-bond donors (Lipinski definition) is 6. The standard InChI is InChI=1S/C48H58N4O13/c1-21-11-10-12-22(2)47(60)51-38-42(58)34-33(37-45(38)64-32-20-29(19-30(54)36(32)50-37)52-16-13-28(49)14-17-52)35-44(26(6)41(34)57)65-48(8,46(35)59)62-18-15-31(61-9)23(3)43(63-27(7)53)25(5)40(56)24(4)39(21)55/h10-12,15,18-21,23-25,28,31,39-40,43,54-57H,13-14,16-17,49H2,1-9H3,(H,51,60)/b11-10+,18-15+,22-12-/t21-,23+,24+,25+,31-,39-,40+,43+,48-/m0/s1. The SMILES string of the molecule is CO[C@H]1/C=C/O[C@@]2(C)Oc3c(C)c(O)c4c(=O)c(c5oc6cc(N7CCC(N)CC7)cc(O)c6nc-5c4c3C2=O)NC(=O)/C(C)=C\C=C\[C@H](C)[C@H](O)[C@@H](C)[C@@H](O)[C@@H](C)[C@H](OC(C)=O)[C@@H]1C. The van der Waals surface area contributed by atoms with E-state index < -0.39 is 82.7 Å². The Morgan fingerprint density at radius 1 is 0.985 bits per heavy atom. The third-order valence-corrected chi connectivity index (χ3v) is 13.3. The van der Waals surface area contributed by atoms with Crippen LogP contribution in [0, 0.1) is 30.6 Å². The average molecular weight is 899 g/mol. The number of anilines is 2. The van der Waals surface area contributed by atoms with E-state index in [0.717, 1.165) is 12.8 Å². The highest BCUT2D eigenvalue weighted by Gasteiger charge is 2.50. The fraction of sp³-hybridized carbons (Fsp3) is 0.479. The zero-order valence-electron chi connectivity index (χ0n) is 38.0. The molecule has 5 aliphatic rings. The van der Waals surface area contributed by atoms with E-state index >= 15 is 0 Å². The van der Waals surface area contributed by atoms with Crippen LogP contribution < -0.4 is 26.1 Å². The van der Waals surface area contributed by atoms with Gasteiger partial charge in [0.05, 0.1) is 35.5 Å². The van der Waals surface area contributed by atoms with Gasteiger partial charge in [0.1, 0.15) is 40.3 Å². The van der Waals surface area contributed by atoms with Crippen LogP contribution in [0.2, 0.25) is 0 Å². The average Bonchev–Trinajstić information content (AvgIpc) is 3.54. The number of nitrogens with zero attached hydrogens (tertiary/aromatic N) is 2. The summed E-state index contributed by atoms with van der Waals surface area (Å²) in [5.41, 5.74) is 5.37. The Morgan fingerprint density at radius 3 is 2.34 bits per heavy atom. The first-order valence-electron chi connectivity index (χ1n) is 21.8. The number of aliphatic hydroxyl groups excluding tert-OH is 2. The summed E-state index contributed by atoms with van der Waals surface area (Å²) in [6.07, 6.45) is 4.89. The van der Waals surface area contributed by atoms with Crippen molar-refractivity contribution < 1.29 is 58.2 Å². The lowest BCUT2D eigenvalue weighted by molar-refractivity contribution is -0.160. The van der Waals surface area contributed by atoms with Crippen molar-refractivity contribution in [3.8, 4) is 28.7 Å². The fourth-order valence-electron chi connectivity index (χ4n) is 9.22. The second kappa shape index (κ2) is 18.1. The van der Waals surface area contributed by atoms with E-state index in [-0.39, 0.29) is 73.3 Å². The lowest BCUT2D eigenvalue weighted by Gasteiger charge is -2.38. The Morgan fingerprint density at radius 2 is 1.68 bits per heavy atom. The van der Waals surface area contributed by atoms with Crippen LogP contribution >= 0.6 is 0 Å². The molecule has 2 aromatic carbocycles. The van der Waals surface area contributed by atoms with Crippen molar-refractivity contribution in [3.05, 3.63) is 69.6 Å². The third kappa shape index (κ3) is 8.53. The van der Waals surface area contributed by atoms with Crippen molar-refractivity contribution in [1.29, 1.82) is 0 Å². The number of phenolic OH excluding ortho intramolecular Hbond substituents is 2. The number of benzene rings is 3. The van der Waals surface area contributed by atoms with E-state index in [2.05, 4.69) is 5.32 Å². The first-order valence-corrected chi connectivity index (χ1v) is 21.8. The number of nitrogens with two attached hydrogens (primary N) is 1. The molecule has 0 aromatic heterocycles. The van der Waals surface area contributed by atoms with Crippen LogP contribution in [0.15, 0.2) is 57.5 Å². The van der Waals surface area contributed by atoms with Crippen molar-refractivity contribution in [2.75, 3.05) is 30.4 Å². The van der Waals surface area contributed by atoms with Crippen LogP contribution in [-0.4, -0.2) is 99.5 Å². The maximum Gasteiger partial charge on any atom is 0.312 e. The van der Waals surface area contributed by atoms with E-state index in [9.17, 15) is 39.6 Å². The number of aliphatic hydroxyl groups is 2. The van der Waals surface area contributed by atoms with Gasteiger partial charge in [-0.15, -0.1) is 0 Å². The summed E-state index contributed by atoms with van der Waals surface area (Å²) in [5.74, 6) is -7.90. The van der Waals surface area contributed by atoms with Gasteiger partial charge in [-0.3, -0.25) is 19.2 Å². The topological polar surface area (TPSA) is 253 Å². The van der Waals surface area contributed by atoms with Crippen LogP contribution in [-0.2, 0) is 23.8 Å². The molecule has 7 rings (SSSR count). The number of esters is 1. The molecule has 348 valence electrons. The molecular formula is C48H58N4O13. The first kappa shape index (κ1) is 47.0. The van der Waals surface area contributed by atoms with Crippen molar-refractivity contribution in [1.82, 2.24) is 4.98 Å². The summed E-state index contributed by atoms with van der Waals surface area (Å²) in [6.45, 7) is 13.7. The van der Waals surface area contributed by atoms with Crippen LogP contribution in [0.3, 0.4) is 0 Å². The Balaban J connectivity index is 1.45. The normalized spacial score (nSPS) is 30.2. The zero-order valence-corrected chi connectivity index (χ0v) is 38.0. The number of aromatic hydroxyl groups is 2. The molecule has 17 nitrogen and oxygen atoms in total. The lowest BCUT2D eigenvalue weighted by atomic mass is 9.78. The molecule has 0 spiro atoms. The van der Waals surface area contributed by atoms with Gasteiger partial charge in [0.15, 0.2) is 11.3 Å². The van der Waals surface area contributed by atoms with Gasteiger partial charge < -0.3 is 59.7 Å². The predicted octanol–water partition coefficient (Wildman–Crippen LogP) is 5.58. The number of carbonyl (C=O) groups is 3. The molecule has 4 heterocycles. The highest BCUT2D eigenvalue weighted by molar-refractivity contribution is 6.22. The molecule has 7 N–H and O–H groups in total. The molecule has 1 fully saturated rings. The minimum Gasteiger partial charge on any atom is -0.507 e. The largest absolute Gasteiger partial charge is 0.507 e. The molecule has 1 aliphatic carbocycles. The second-order valence-electron chi connectivity index (χ2n) is 17.9. The van der Waals surface area contributed by atoms with Gasteiger partial charge in [0.2, 0.25) is 5.43 Å². The van der Waals surface area contributed by atoms with Gasteiger partial charge in [-0.05, 0) is 32.8 Å². The van der Waals surface area contributed by atoms with Gasteiger partial charge >= 0.3 is 11.8 Å². The molecule has 2 aromatic rings. The molecule has 0 saturated carbocycles. The van der Waals surface area contributed by atoms with E-state index in [1.54, 1.807) is 45.9 Å². The maximum absolute atomic E-state index is 14.8. The molecule has 1 amide bonds. The molecule has 0 unspecified atom stereocenters. The van der Waals surface area contributed by atoms with E-state index in [0.29, 0.717) is 18.8 Å². The van der Waals surface area contributed by atoms with Crippen molar-refractivity contribution in [2.24, 2.45) is 29.4 Å². The Labute approximate surface area is 375 Å². The molecule has 4 bridgehead atoms. The number of aromatic nitrogens is 1. The summed E-state index contributed by atoms with van der Waals surface area (Å²) in [6, 6.07) is 3.24. The maximum atomic E-state index is 14.8. The predicted molar refractivity (Wildman–Crippen MR) is 242 cm³/mol. The van der Waals surface area contributed by atoms with E-state index in [1.165, 1.54) is 59.3 Å². The monoisotopic (exact) mass is 898 g/mol. The third-order valence-electron chi connectivity index (χ3n) is 13.3. The van der Waals surface area contributed by atoms with Gasteiger partial charge in [-0.25, -0.2) is 4.98 Å². The number of methoxy groups -OCH3 is 1. The smallest absolute Gasteiger partial charge is 0.312 e. The number of amides is 1. The number of hydrogen-bond acceptors (Lipinski definition) is 16. The number of nitrogens with one attached hydrogen (secondary N) is 1. The number of piperidine rings is 1. The first-order chi connectivity index (χ1) is 30.7. The minimum absolute atomic E-state index is 0.0229. The minimum atomic E-state index is -2.08. The molecule has 1 saturated heterocycles. The summed E-state index contributed by atoms with van der Waals surface area (Å²) in [7, 11) is 1.43. The van der Waals surface area contributed by atoms with Gasteiger partial charge in [-0.1, -0.05) is 45.9 Å². The molecule has 17 heteroatoms. The molecule has 4 aliphatic heterocycles. The van der Waals surface area contributed by atoms with Crippen molar-refractivity contribution in [3.63, 3.8) is 0 Å². The summed E-state index contributed by atoms with van der Waals surface area (Å²) < 4.78 is 30.3. The quantitative estimate of drug-likeness (QED) is 0.0834. The molecule has 9 atom stereocenters. The van der Waals surface area contributed by atoms with Crippen LogP contribution in [0.4, 0.5) is 11.4 Å². The number of ketones is 1. The van der Waals surface area contributed by atoms with Gasteiger partial charge in [0, 0.05) is 98.1 Å². The lowest BCUT2D eigenvalue weighted by Crippen LogP contribution is -2.46. The molecular weight excluding hydrogens is 841 g/mol. The Kier molecular flexibility index (Phi) is 13.1. The summed E-state index contributed by atoms with van der Waals surface area (Å²) in [4.78, 5) is 62.8. The van der Waals surface area contributed by atoms with Gasteiger partial charge in [-0.2, -0.15) is 0 Å². The Bertz CT molecular complexity index is 2670. The number of ether oxygens (including phenoxy) is 4. The Hall–Kier alpha value is -6.01. The van der Waals surface area contributed by atoms with Crippen molar-refractivity contribution >= 4 is 50.9 Å². The second-order valence-corrected chi connectivity index (χ2v) is 17.9. The van der Waals surface area contributed by atoms with Gasteiger partial charge in [0.25, 0.3) is 11.7 Å². The van der Waals surface area contributed by atoms with E-state index in [4.69, 9.17) is 34.1 Å². The van der Waals surface area contributed by atoms with Crippen LogP contribution in [0.1, 0.15) is 77.2 Å². The number of phenols is 2. The zero-order chi connectivity index (χ0) is 47.4. The summed E-state index contributed by atoms with van der Waals surface area (Å²) >= 11 is 0. The number of allylic oxidation sites excluding steroid dienone is 2. The number of carbonyl (C=O) groups excluding carboxylic acids is 3. The van der Waals surface area contributed by atoms with Crippen LogP contribution in [0.25, 0.3) is 33.3 Å².